The molecule has 0 spiro atoms. The van der Waals surface area contributed by atoms with Crippen molar-refractivity contribution in [1.29, 1.82) is 0 Å². The van der Waals surface area contributed by atoms with Crippen molar-refractivity contribution in [2.24, 2.45) is 5.16 Å². The summed E-state index contributed by atoms with van der Waals surface area (Å²) >= 11 is 3.76. The molecule has 0 aliphatic carbocycles. The monoisotopic (exact) mass is 575 g/mol. The van der Waals surface area contributed by atoms with Crippen molar-refractivity contribution in [2.45, 2.75) is 51.0 Å². The molecule has 0 saturated carbocycles. The Labute approximate surface area is 230 Å². The predicted octanol–water partition coefficient (Wildman–Crippen LogP) is 5.90. The number of aromatic hydroxyl groups is 1. The number of benzene rings is 3. The molecule has 7 rings (SSSR count). The second-order valence-corrected chi connectivity index (χ2v) is 11.5. The first-order chi connectivity index (χ1) is 18.5. The molecule has 8 heteroatoms. The number of hydrogen-bond acceptors (Lipinski definition) is 7. The van der Waals surface area contributed by atoms with Crippen LogP contribution in [0.15, 0.2) is 64.2 Å². The molecule has 38 heavy (non-hydrogen) atoms. The number of fused-ring (bicyclic) bond motifs is 4. The Morgan fingerprint density at radius 2 is 1.71 bits per heavy atom. The Morgan fingerprint density at radius 3 is 2.50 bits per heavy atom. The topological polar surface area (TPSA) is 66.8 Å². The molecule has 3 aromatic rings. The normalized spacial score (nSPS) is 24.2. The summed E-state index contributed by atoms with van der Waals surface area (Å²) in [4.78, 5) is 11.0. The number of oxime groups is 1. The van der Waals surface area contributed by atoms with E-state index in [1.807, 2.05) is 31.2 Å². The zero-order chi connectivity index (χ0) is 25.8. The van der Waals surface area contributed by atoms with Gasteiger partial charge in [-0.1, -0.05) is 51.4 Å². The zero-order valence-corrected chi connectivity index (χ0v) is 22.9. The second-order valence-electron chi connectivity index (χ2n) is 10.6. The largest absolute Gasteiger partial charge is 0.508 e. The Morgan fingerprint density at radius 1 is 0.947 bits per heavy atom. The van der Waals surface area contributed by atoms with E-state index in [0.717, 1.165) is 50.5 Å². The summed E-state index contributed by atoms with van der Waals surface area (Å²) in [6.07, 6.45) is 2.31. The first-order valence-electron chi connectivity index (χ1n) is 13.2. The highest BCUT2D eigenvalue weighted by atomic mass is 79.9. The minimum Gasteiger partial charge on any atom is -0.508 e. The van der Waals surface area contributed by atoms with E-state index >= 15 is 0 Å². The fraction of sp³-hybridized carbons (Fsp3) is 0.367. The van der Waals surface area contributed by atoms with Crippen LogP contribution in [0.5, 0.6) is 17.2 Å². The van der Waals surface area contributed by atoms with Gasteiger partial charge in [0.2, 0.25) is 6.79 Å². The maximum atomic E-state index is 10.6. The van der Waals surface area contributed by atoms with Crippen molar-refractivity contribution < 1.29 is 19.4 Å². The van der Waals surface area contributed by atoms with Crippen molar-refractivity contribution in [2.75, 3.05) is 19.9 Å². The molecule has 4 aliphatic heterocycles. The Balaban J connectivity index is 1.30. The fourth-order valence-corrected chi connectivity index (χ4v) is 6.78. The van der Waals surface area contributed by atoms with E-state index in [0.29, 0.717) is 6.54 Å². The molecule has 0 radical (unpaired) electrons. The van der Waals surface area contributed by atoms with Crippen LogP contribution in [0.3, 0.4) is 0 Å². The van der Waals surface area contributed by atoms with Gasteiger partial charge in [0.15, 0.2) is 17.7 Å². The molecule has 0 aromatic heterocycles. The third-order valence-electron chi connectivity index (χ3n) is 8.19. The Hall–Kier alpha value is -3.07. The number of hydrogen-bond donors (Lipinski definition) is 1. The molecule has 3 atom stereocenters. The van der Waals surface area contributed by atoms with Gasteiger partial charge in [0, 0.05) is 17.6 Å². The summed E-state index contributed by atoms with van der Waals surface area (Å²) in [6, 6.07) is 18.5. The van der Waals surface area contributed by atoms with Crippen LogP contribution in [0, 0.1) is 0 Å². The van der Waals surface area contributed by atoms with Crippen LogP contribution in [0.4, 0.5) is 0 Å². The van der Waals surface area contributed by atoms with E-state index in [4.69, 9.17) is 14.3 Å². The Kier molecular flexibility index (Phi) is 6.06. The lowest BCUT2D eigenvalue weighted by atomic mass is 9.79. The van der Waals surface area contributed by atoms with Crippen LogP contribution in [0.25, 0.3) is 0 Å². The molecular weight excluding hydrogens is 546 g/mol. The average Bonchev–Trinajstić information content (AvgIpc) is 3.67. The van der Waals surface area contributed by atoms with Gasteiger partial charge in [0.1, 0.15) is 5.75 Å². The minimum absolute atomic E-state index is 0.0101. The van der Waals surface area contributed by atoms with Gasteiger partial charge < -0.3 is 19.4 Å². The molecule has 0 bridgehead atoms. The summed E-state index contributed by atoms with van der Waals surface area (Å²) in [7, 11) is 0. The van der Waals surface area contributed by atoms with Crippen molar-refractivity contribution in [1.82, 2.24) is 9.80 Å². The van der Waals surface area contributed by atoms with E-state index in [1.54, 1.807) is 6.07 Å². The highest BCUT2D eigenvalue weighted by molar-refractivity contribution is 9.10. The molecule has 1 N–H and O–H groups in total. The van der Waals surface area contributed by atoms with Crippen LogP contribution in [-0.4, -0.2) is 46.7 Å². The second kappa shape index (κ2) is 9.59. The first-order valence-corrected chi connectivity index (χ1v) is 14.0. The highest BCUT2D eigenvalue weighted by Crippen LogP contribution is 2.49. The number of phenols is 1. The third-order valence-corrected chi connectivity index (χ3v) is 8.93. The molecule has 3 aromatic carbocycles. The van der Waals surface area contributed by atoms with Crippen LogP contribution in [0.1, 0.15) is 59.5 Å². The van der Waals surface area contributed by atoms with E-state index in [9.17, 15) is 5.11 Å². The minimum atomic E-state index is -0.265. The molecule has 0 amide bonds. The number of nitrogens with zero attached hydrogens (tertiary/aromatic N) is 3. The van der Waals surface area contributed by atoms with Crippen LogP contribution in [-0.2, 0) is 17.9 Å². The summed E-state index contributed by atoms with van der Waals surface area (Å²) in [5.41, 5.74) is 6.72. The van der Waals surface area contributed by atoms with Crippen molar-refractivity contribution in [3.05, 3.63) is 86.9 Å². The maximum absolute atomic E-state index is 10.6. The number of likely N-dealkylation sites (tertiary alicyclic amines) is 1. The number of ether oxygens (including phenoxy) is 2. The molecule has 1 fully saturated rings. The summed E-state index contributed by atoms with van der Waals surface area (Å²) in [6.45, 7) is 6.18. The summed E-state index contributed by atoms with van der Waals surface area (Å²) < 4.78 is 12.2. The zero-order valence-electron chi connectivity index (χ0n) is 21.3. The van der Waals surface area contributed by atoms with Gasteiger partial charge in [-0.25, -0.2) is 4.90 Å². The van der Waals surface area contributed by atoms with E-state index in [2.05, 4.69) is 55.2 Å². The maximum Gasteiger partial charge on any atom is 0.231 e. The van der Waals surface area contributed by atoms with E-state index < -0.39 is 0 Å². The smallest absolute Gasteiger partial charge is 0.231 e. The standard InChI is InChI=1S/C30H30BrN3O4/c1-18-28-23-9-8-22(35)13-24(23)29(20-6-4-19(5-7-20)15-33-10-2-3-11-33)34(30(28)38-32-18)16-21-12-26-27(14-25(21)31)37-17-36-26/h4-9,12-14,28-30,35H,2-3,10-11,15-17H2,1H3/t28-,29-,30-/m1/s1. The SMILES string of the molecule is CC1=NO[C@@H]2[C@H]1c1ccc(O)cc1[C@@H](c1ccc(CN3CCCC3)cc1)N2Cc1cc2c(cc1Br)OCO2. The molecule has 7 nitrogen and oxygen atoms in total. The van der Waals surface area contributed by atoms with Crippen molar-refractivity contribution >= 4 is 21.6 Å². The highest BCUT2D eigenvalue weighted by Gasteiger charge is 2.47. The fourth-order valence-electron chi connectivity index (χ4n) is 6.33. The van der Waals surface area contributed by atoms with Crippen molar-refractivity contribution in [3.8, 4) is 17.2 Å². The molecular formula is C30H30BrN3O4. The van der Waals surface area contributed by atoms with Crippen LogP contribution >= 0.6 is 15.9 Å². The van der Waals surface area contributed by atoms with Gasteiger partial charge in [0.25, 0.3) is 0 Å². The van der Waals surface area contributed by atoms with Crippen LogP contribution < -0.4 is 9.47 Å². The molecule has 4 aliphatic rings. The summed E-state index contributed by atoms with van der Waals surface area (Å²) in [5, 5.41) is 15.0. The number of halogens is 1. The lowest BCUT2D eigenvalue weighted by molar-refractivity contribution is -0.0734. The first kappa shape index (κ1) is 24.0. The van der Waals surface area contributed by atoms with Gasteiger partial charge in [-0.05, 0) is 84.9 Å². The Bertz CT molecular complexity index is 1400. The quantitative estimate of drug-likeness (QED) is 0.408. The molecule has 196 valence electrons. The van der Waals surface area contributed by atoms with Gasteiger partial charge in [-0.15, -0.1) is 0 Å². The lowest BCUT2D eigenvalue weighted by Crippen LogP contribution is -2.46. The summed E-state index contributed by atoms with van der Waals surface area (Å²) in [5.74, 6) is 1.74. The van der Waals surface area contributed by atoms with E-state index in [-0.39, 0.29) is 30.7 Å². The predicted molar refractivity (Wildman–Crippen MR) is 147 cm³/mol. The van der Waals surface area contributed by atoms with Crippen LogP contribution in [0.2, 0.25) is 0 Å². The van der Waals surface area contributed by atoms with Gasteiger partial charge in [-0.3, -0.25) is 4.90 Å². The number of rotatable bonds is 5. The molecule has 1 saturated heterocycles. The van der Waals surface area contributed by atoms with E-state index in [1.165, 1.54) is 31.5 Å². The lowest BCUT2D eigenvalue weighted by Gasteiger charge is -2.43. The van der Waals surface area contributed by atoms with Gasteiger partial charge >= 0.3 is 0 Å². The van der Waals surface area contributed by atoms with Gasteiger partial charge in [0.05, 0.1) is 17.7 Å². The third kappa shape index (κ3) is 4.15. The van der Waals surface area contributed by atoms with Crippen molar-refractivity contribution in [3.63, 3.8) is 0 Å². The van der Waals surface area contributed by atoms with Gasteiger partial charge in [-0.2, -0.15) is 0 Å². The number of phenolic OH excluding ortho intramolecular Hbond substituents is 1. The molecule has 4 heterocycles. The molecule has 0 unspecified atom stereocenters. The average molecular weight is 576 g/mol.